The molecule has 2 fully saturated rings. The normalized spacial score (nSPS) is 27.4. The molecule has 0 aliphatic carbocycles. The zero-order valence-corrected chi connectivity index (χ0v) is 9.72. The smallest absolute Gasteiger partial charge is 0.394 e. The van der Waals surface area contributed by atoms with Crippen LogP contribution in [0.2, 0.25) is 0 Å². The summed E-state index contributed by atoms with van der Waals surface area (Å²) in [4.78, 5) is 23.6. The predicted molar refractivity (Wildman–Crippen MR) is 59.2 cm³/mol. The lowest BCUT2D eigenvalue weighted by Crippen LogP contribution is -2.40. The van der Waals surface area contributed by atoms with E-state index in [1.807, 2.05) is 0 Å². The van der Waals surface area contributed by atoms with E-state index in [0.29, 0.717) is 32.8 Å². The molecule has 2 aliphatic rings. The van der Waals surface area contributed by atoms with Gasteiger partial charge in [0.15, 0.2) is 0 Å². The van der Waals surface area contributed by atoms with Gasteiger partial charge in [-0.25, -0.2) is 4.79 Å². The Kier molecular flexibility index (Phi) is 3.35. The highest BCUT2D eigenvalue weighted by molar-refractivity contribution is 6.31. The zero-order chi connectivity index (χ0) is 12.5. The molecule has 2 aliphatic heterocycles. The summed E-state index contributed by atoms with van der Waals surface area (Å²) in [6.45, 7) is 2.80. The molecule has 2 saturated heterocycles. The fourth-order valence-corrected chi connectivity index (χ4v) is 2.99. The van der Waals surface area contributed by atoms with Gasteiger partial charge in [-0.3, -0.25) is 4.79 Å². The van der Waals surface area contributed by atoms with Crippen LogP contribution in [0.1, 0.15) is 12.8 Å². The number of rotatable bonds is 1. The molecule has 1 amide bonds. The number of hydrogen-bond acceptors (Lipinski definition) is 4. The molecule has 0 radical (unpaired) electrons. The molecular weight excluding hydrogens is 224 g/mol. The van der Waals surface area contributed by atoms with Crippen molar-refractivity contribution in [3.05, 3.63) is 0 Å². The van der Waals surface area contributed by atoms with Gasteiger partial charge in [-0.2, -0.15) is 0 Å². The second kappa shape index (κ2) is 4.62. The third-order valence-electron chi connectivity index (χ3n) is 4.06. The maximum atomic E-state index is 11.5. The number of amides is 1. The predicted octanol–water partition coefficient (Wildman–Crippen LogP) is -0.715. The van der Waals surface area contributed by atoms with Crippen molar-refractivity contribution < 1.29 is 19.4 Å². The summed E-state index contributed by atoms with van der Waals surface area (Å²) in [5.41, 5.74) is 5.72. The summed E-state index contributed by atoms with van der Waals surface area (Å²) in [5.74, 6) is -2.01. The molecule has 6 nitrogen and oxygen atoms in total. The Labute approximate surface area is 99.7 Å². The monoisotopic (exact) mass is 242 g/mol. The van der Waals surface area contributed by atoms with Crippen LogP contribution in [0.5, 0.6) is 0 Å². The van der Waals surface area contributed by atoms with E-state index in [4.69, 9.17) is 15.6 Å². The van der Waals surface area contributed by atoms with Crippen LogP contribution in [0.25, 0.3) is 0 Å². The number of aliphatic carboxylic acids is 1. The van der Waals surface area contributed by atoms with Crippen molar-refractivity contribution in [3.63, 3.8) is 0 Å². The number of nitrogens with two attached hydrogens (primary N) is 1. The van der Waals surface area contributed by atoms with Crippen molar-refractivity contribution in [2.75, 3.05) is 32.8 Å². The summed E-state index contributed by atoms with van der Waals surface area (Å²) in [6.07, 6.45) is 1.72. The van der Waals surface area contributed by atoms with Crippen molar-refractivity contribution in [1.29, 1.82) is 0 Å². The van der Waals surface area contributed by atoms with Gasteiger partial charge in [0.25, 0.3) is 0 Å². The van der Waals surface area contributed by atoms with E-state index in [9.17, 15) is 9.59 Å². The third kappa shape index (κ3) is 2.14. The van der Waals surface area contributed by atoms with Gasteiger partial charge in [0.05, 0.1) is 0 Å². The Morgan fingerprint density at radius 1 is 1.41 bits per heavy atom. The largest absolute Gasteiger partial charge is 0.474 e. The molecule has 0 unspecified atom stereocenters. The van der Waals surface area contributed by atoms with Gasteiger partial charge in [-0.05, 0) is 30.7 Å². The molecule has 17 heavy (non-hydrogen) atoms. The molecule has 2 rings (SSSR count). The van der Waals surface area contributed by atoms with E-state index in [2.05, 4.69) is 0 Å². The first-order chi connectivity index (χ1) is 8.09. The minimum absolute atomic E-state index is 0.0297. The van der Waals surface area contributed by atoms with Crippen LogP contribution in [-0.4, -0.2) is 54.7 Å². The van der Waals surface area contributed by atoms with Gasteiger partial charge in [-0.15, -0.1) is 0 Å². The SMILES string of the molecule is NC[C@H]1CN(C(=O)C(=O)O)CC12CCOCC2. The fourth-order valence-electron chi connectivity index (χ4n) is 2.99. The standard InChI is InChI=1S/C11H18N2O4/c12-5-8-6-13(9(14)10(15)16)7-11(8)1-3-17-4-2-11/h8H,1-7,12H2,(H,15,16)/t8-/m0/s1. The molecule has 0 aromatic carbocycles. The van der Waals surface area contributed by atoms with Gasteiger partial charge in [-0.1, -0.05) is 0 Å². The van der Waals surface area contributed by atoms with Gasteiger partial charge in [0, 0.05) is 26.3 Å². The molecule has 96 valence electrons. The van der Waals surface area contributed by atoms with E-state index in [1.165, 1.54) is 4.90 Å². The molecule has 3 N–H and O–H groups in total. The lowest BCUT2D eigenvalue weighted by atomic mass is 9.72. The quantitative estimate of drug-likeness (QED) is 0.592. The summed E-state index contributed by atoms with van der Waals surface area (Å²) in [6, 6.07) is 0. The lowest BCUT2D eigenvalue weighted by Gasteiger charge is -2.37. The van der Waals surface area contributed by atoms with Crippen LogP contribution in [0, 0.1) is 11.3 Å². The van der Waals surface area contributed by atoms with Crippen molar-refractivity contribution in [3.8, 4) is 0 Å². The molecule has 0 bridgehead atoms. The van der Waals surface area contributed by atoms with E-state index >= 15 is 0 Å². The van der Waals surface area contributed by atoms with E-state index in [0.717, 1.165) is 12.8 Å². The van der Waals surface area contributed by atoms with Crippen molar-refractivity contribution >= 4 is 11.9 Å². The minimum atomic E-state index is -1.38. The number of hydrogen-bond donors (Lipinski definition) is 2. The molecule has 0 aromatic heterocycles. The average molecular weight is 242 g/mol. The molecular formula is C11H18N2O4. The van der Waals surface area contributed by atoms with Gasteiger partial charge < -0.3 is 20.5 Å². The summed E-state index contributed by atoms with van der Waals surface area (Å²) >= 11 is 0. The number of carbonyl (C=O) groups excluding carboxylic acids is 1. The van der Waals surface area contributed by atoms with Crippen LogP contribution < -0.4 is 5.73 Å². The average Bonchev–Trinajstić information content (AvgIpc) is 2.67. The Morgan fingerprint density at radius 2 is 2.06 bits per heavy atom. The zero-order valence-electron chi connectivity index (χ0n) is 9.72. The molecule has 2 heterocycles. The highest BCUT2D eigenvalue weighted by atomic mass is 16.5. The van der Waals surface area contributed by atoms with Crippen LogP contribution >= 0.6 is 0 Å². The van der Waals surface area contributed by atoms with E-state index in [-0.39, 0.29) is 11.3 Å². The Bertz CT molecular complexity index is 325. The second-order valence-electron chi connectivity index (χ2n) is 4.90. The van der Waals surface area contributed by atoms with Crippen LogP contribution in [-0.2, 0) is 14.3 Å². The molecule has 0 aromatic rings. The maximum absolute atomic E-state index is 11.5. The number of nitrogens with zero attached hydrogens (tertiary/aromatic N) is 1. The number of likely N-dealkylation sites (tertiary alicyclic amines) is 1. The first-order valence-electron chi connectivity index (χ1n) is 5.89. The highest BCUT2D eigenvalue weighted by Gasteiger charge is 2.48. The van der Waals surface area contributed by atoms with Gasteiger partial charge in [0.2, 0.25) is 0 Å². The molecule has 1 spiro atoms. The second-order valence-corrected chi connectivity index (χ2v) is 4.90. The minimum Gasteiger partial charge on any atom is -0.474 e. The molecule has 0 saturated carbocycles. The van der Waals surface area contributed by atoms with Crippen LogP contribution in [0.15, 0.2) is 0 Å². The first kappa shape index (κ1) is 12.3. The van der Waals surface area contributed by atoms with Gasteiger partial charge >= 0.3 is 11.9 Å². The topological polar surface area (TPSA) is 92.9 Å². The Morgan fingerprint density at radius 3 is 2.59 bits per heavy atom. The maximum Gasteiger partial charge on any atom is 0.394 e. The van der Waals surface area contributed by atoms with Crippen LogP contribution in [0.3, 0.4) is 0 Å². The Hall–Kier alpha value is -1.14. The van der Waals surface area contributed by atoms with Crippen molar-refractivity contribution in [2.24, 2.45) is 17.1 Å². The third-order valence-corrected chi connectivity index (χ3v) is 4.06. The fraction of sp³-hybridized carbons (Fsp3) is 0.818. The summed E-state index contributed by atoms with van der Waals surface area (Å²) < 4.78 is 5.33. The van der Waals surface area contributed by atoms with Crippen LogP contribution in [0.4, 0.5) is 0 Å². The summed E-state index contributed by atoms with van der Waals surface area (Å²) in [7, 11) is 0. The van der Waals surface area contributed by atoms with Gasteiger partial charge in [0.1, 0.15) is 0 Å². The summed E-state index contributed by atoms with van der Waals surface area (Å²) in [5, 5.41) is 8.74. The van der Waals surface area contributed by atoms with E-state index < -0.39 is 11.9 Å². The van der Waals surface area contributed by atoms with Crippen molar-refractivity contribution in [2.45, 2.75) is 12.8 Å². The number of carbonyl (C=O) groups is 2. The lowest BCUT2D eigenvalue weighted by molar-refractivity contribution is -0.155. The molecule has 6 heteroatoms. The van der Waals surface area contributed by atoms with Crippen molar-refractivity contribution in [1.82, 2.24) is 4.90 Å². The first-order valence-corrected chi connectivity index (χ1v) is 5.89. The highest BCUT2D eigenvalue weighted by Crippen LogP contribution is 2.43. The van der Waals surface area contributed by atoms with E-state index in [1.54, 1.807) is 0 Å². The Balaban J connectivity index is 2.12. The molecule has 1 atom stereocenters. The number of carboxylic acids is 1. The number of carboxylic acid groups (broad SMARTS) is 1. The number of ether oxygens (including phenoxy) is 1.